The van der Waals surface area contributed by atoms with Crippen LogP contribution in [0.2, 0.25) is 0 Å². The van der Waals surface area contributed by atoms with Crippen molar-refractivity contribution in [3.63, 3.8) is 0 Å². The van der Waals surface area contributed by atoms with Crippen LogP contribution in [0.3, 0.4) is 0 Å². The average molecular weight is 466 g/mol. The van der Waals surface area contributed by atoms with Gasteiger partial charge in [-0.3, -0.25) is 4.72 Å². The number of nitrogens with zero attached hydrogens (tertiary/aromatic N) is 2. The third-order valence-electron chi connectivity index (χ3n) is 5.00. The molecule has 0 saturated carbocycles. The van der Waals surface area contributed by atoms with Gasteiger partial charge in [-0.15, -0.1) is 0 Å². The standard InChI is InChI=1S/C24H23N3O5S/c1-16-4-11-20(12-5-16)33(28,29)27-19-9-7-18(8-10-19)24-25-23(32-26-24)15-17-6-13-21(30-2)22(14-17)31-3/h4-14,27H,15H2,1-3H3. The molecular formula is C24H23N3O5S. The van der Waals surface area contributed by atoms with Crippen molar-refractivity contribution in [3.8, 4) is 22.9 Å². The molecule has 0 aliphatic heterocycles. The molecule has 0 fully saturated rings. The number of hydrogen-bond donors (Lipinski definition) is 1. The summed E-state index contributed by atoms with van der Waals surface area (Å²) in [4.78, 5) is 4.65. The van der Waals surface area contributed by atoms with Gasteiger partial charge < -0.3 is 14.0 Å². The lowest BCUT2D eigenvalue weighted by molar-refractivity contribution is 0.354. The predicted molar refractivity (Wildman–Crippen MR) is 124 cm³/mol. The largest absolute Gasteiger partial charge is 0.493 e. The molecule has 0 unspecified atom stereocenters. The summed E-state index contributed by atoms with van der Waals surface area (Å²) in [5, 5.41) is 4.04. The number of aromatic nitrogens is 2. The van der Waals surface area contributed by atoms with Gasteiger partial charge in [0.05, 0.1) is 25.5 Å². The fourth-order valence-corrected chi connectivity index (χ4v) is 4.29. The lowest BCUT2D eigenvalue weighted by Gasteiger charge is -2.08. The third-order valence-corrected chi connectivity index (χ3v) is 6.40. The SMILES string of the molecule is COc1ccc(Cc2nc(-c3ccc(NS(=O)(=O)c4ccc(C)cc4)cc3)no2)cc1OC. The zero-order valence-corrected chi connectivity index (χ0v) is 19.2. The van der Waals surface area contributed by atoms with Crippen molar-refractivity contribution in [2.75, 3.05) is 18.9 Å². The first kappa shape index (κ1) is 22.3. The molecule has 0 atom stereocenters. The van der Waals surface area contributed by atoms with E-state index in [1.54, 1.807) is 62.8 Å². The molecule has 1 heterocycles. The summed E-state index contributed by atoms with van der Waals surface area (Å²) >= 11 is 0. The summed E-state index contributed by atoms with van der Waals surface area (Å²) in [6.45, 7) is 1.90. The van der Waals surface area contributed by atoms with Gasteiger partial charge in [-0.05, 0) is 61.0 Å². The minimum absolute atomic E-state index is 0.204. The molecule has 0 spiro atoms. The van der Waals surface area contributed by atoms with Crippen LogP contribution in [-0.2, 0) is 16.4 Å². The fourth-order valence-electron chi connectivity index (χ4n) is 3.23. The van der Waals surface area contributed by atoms with Crippen LogP contribution in [0.15, 0.2) is 76.1 Å². The van der Waals surface area contributed by atoms with Crippen molar-refractivity contribution < 1.29 is 22.4 Å². The molecule has 3 aromatic carbocycles. The van der Waals surface area contributed by atoms with Gasteiger partial charge in [-0.2, -0.15) is 4.98 Å². The second kappa shape index (κ2) is 9.33. The van der Waals surface area contributed by atoms with Gasteiger partial charge in [0.1, 0.15) is 0 Å². The molecule has 9 heteroatoms. The number of methoxy groups -OCH3 is 2. The zero-order chi connectivity index (χ0) is 23.4. The molecule has 0 saturated heterocycles. The summed E-state index contributed by atoms with van der Waals surface area (Å²) in [5.74, 6) is 2.13. The van der Waals surface area contributed by atoms with Gasteiger partial charge in [-0.25, -0.2) is 8.42 Å². The van der Waals surface area contributed by atoms with Gasteiger partial charge in [0.25, 0.3) is 10.0 Å². The van der Waals surface area contributed by atoms with Crippen LogP contribution >= 0.6 is 0 Å². The monoisotopic (exact) mass is 465 g/mol. The van der Waals surface area contributed by atoms with Crippen molar-refractivity contribution in [1.29, 1.82) is 0 Å². The van der Waals surface area contributed by atoms with Gasteiger partial charge in [-0.1, -0.05) is 28.9 Å². The minimum atomic E-state index is -3.67. The van der Waals surface area contributed by atoms with Crippen molar-refractivity contribution in [3.05, 3.63) is 83.7 Å². The maximum atomic E-state index is 12.6. The topological polar surface area (TPSA) is 104 Å². The highest BCUT2D eigenvalue weighted by atomic mass is 32.2. The molecule has 1 N–H and O–H groups in total. The molecule has 1 aromatic heterocycles. The number of ether oxygens (including phenoxy) is 2. The van der Waals surface area contributed by atoms with Crippen LogP contribution < -0.4 is 14.2 Å². The van der Waals surface area contributed by atoms with Gasteiger partial charge in [0, 0.05) is 11.3 Å². The summed E-state index contributed by atoms with van der Waals surface area (Å²) in [6.07, 6.45) is 0.432. The zero-order valence-electron chi connectivity index (χ0n) is 18.4. The van der Waals surface area contributed by atoms with E-state index in [1.807, 2.05) is 25.1 Å². The first-order valence-electron chi connectivity index (χ1n) is 10.1. The Balaban J connectivity index is 1.46. The molecular weight excluding hydrogens is 442 g/mol. The van der Waals surface area contributed by atoms with Crippen LogP contribution in [0.1, 0.15) is 17.0 Å². The summed E-state index contributed by atoms with van der Waals surface area (Å²) in [6, 6.07) is 19.0. The van der Waals surface area contributed by atoms with Crippen LogP contribution in [0.25, 0.3) is 11.4 Å². The molecule has 170 valence electrons. The molecule has 0 amide bonds. The van der Waals surface area contributed by atoms with E-state index in [0.29, 0.717) is 40.9 Å². The molecule has 33 heavy (non-hydrogen) atoms. The molecule has 8 nitrogen and oxygen atoms in total. The third kappa shape index (κ3) is 5.15. The van der Waals surface area contributed by atoms with Crippen LogP contribution in [0.4, 0.5) is 5.69 Å². The lowest BCUT2D eigenvalue weighted by atomic mass is 10.1. The molecule has 0 aliphatic rings. The van der Waals surface area contributed by atoms with E-state index in [0.717, 1.165) is 11.1 Å². The normalized spacial score (nSPS) is 11.2. The van der Waals surface area contributed by atoms with E-state index >= 15 is 0 Å². The predicted octanol–water partition coefficient (Wildman–Crippen LogP) is 4.45. The van der Waals surface area contributed by atoms with Gasteiger partial charge >= 0.3 is 0 Å². The smallest absolute Gasteiger partial charge is 0.261 e. The van der Waals surface area contributed by atoms with E-state index < -0.39 is 10.0 Å². The highest BCUT2D eigenvalue weighted by molar-refractivity contribution is 7.92. The Morgan fingerprint density at radius 1 is 0.909 bits per heavy atom. The summed E-state index contributed by atoms with van der Waals surface area (Å²) in [7, 11) is -0.504. The maximum absolute atomic E-state index is 12.6. The van der Waals surface area contributed by atoms with Crippen LogP contribution in [0.5, 0.6) is 11.5 Å². The fraction of sp³-hybridized carbons (Fsp3) is 0.167. The quantitative estimate of drug-likeness (QED) is 0.410. The van der Waals surface area contributed by atoms with E-state index in [9.17, 15) is 8.42 Å². The Hall–Kier alpha value is -3.85. The van der Waals surface area contributed by atoms with Crippen LogP contribution in [-0.4, -0.2) is 32.8 Å². The first-order valence-corrected chi connectivity index (χ1v) is 11.6. The lowest BCUT2D eigenvalue weighted by Crippen LogP contribution is -2.12. The first-order chi connectivity index (χ1) is 15.9. The average Bonchev–Trinajstić information content (AvgIpc) is 3.28. The number of aryl methyl sites for hydroxylation is 1. The molecule has 0 radical (unpaired) electrons. The van der Waals surface area contributed by atoms with Crippen molar-refractivity contribution >= 4 is 15.7 Å². The Labute approximate surface area is 192 Å². The molecule has 4 rings (SSSR count). The number of nitrogens with one attached hydrogen (secondary N) is 1. The Morgan fingerprint density at radius 3 is 2.27 bits per heavy atom. The Kier molecular flexibility index (Phi) is 6.32. The second-order valence-electron chi connectivity index (χ2n) is 7.37. The molecule has 0 aliphatic carbocycles. The van der Waals surface area contributed by atoms with E-state index in [4.69, 9.17) is 14.0 Å². The molecule has 4 aromatic rings. The van der Waals surface area contributed by atoms with Crippen molar-refractivity contribution in [2.24, 2.45) is 0 Å². The Morgan fingerprint density at radius 2 is 1.61 bits per heavy atom. The maximum Gasteiger partial charge on any atom is 0.261 e. The number of hydrogen-bond acceptors (Lipinski definition) is 7. The number of rotatable bonds is 8. The van der Waals surface area contributed by atoms with Crippen molar-refractivity contribution in [2.45, 2.75) is 18.2 Å². The van der Waals surface area contributed by atoms with E-state index in [2.05, 4.69) is 14.9 Å². The summed E-state index contributed by atoms with van der Waals surface area (Å²) in [5.41, 5.74) is 3.07. The van der Waals surface area contributed by atoms with Gasteiger partial charge in [0.15, 0.2) is 11.5 Å². The highest BCUT2D eigenvalue weighted by Gasteiger charge is 2.15. The number of sulfonamides is 1. The number of benzene rings is 3. The summed E-state index contributed by atoms with van der Waals surface area (Å²) < 4.78 is 43.7. The van der Waals surface area contributed by atoms with Crippen molar-refractivity contribution in [1.82, 2.24) is 10.1 Å². The van der Waals surface area contributed by atoms with E-state index in [-0.39, 0.29) is 4.90 Å². The highest BCUT2D eigenvalue weighted by Crippen LogP contribution is 2.29. The second-order valence-corrected chi connectivity index (χ2v) is 9.06. The Bertz CT molecular complexity index is 1350. The van der Waals surface area contributed by atoms with Gasteiger partial charge in [0.2, 0.25) is 11.7 Å². The van der Waals surface area contributed by atoms with Crippen LogP contribution in [0, 0.1) is 6.92 Å². The number of anilines is 1. The minimum Gasteiger partial charge on any atom is -0.493 e. The van der Waals surface area contributed by atoms with E-state index in [1.165, 1.54) is 0 Å². The molecule has 0 bridgehead atoms.